The van der Waals surface area contributed by atoms with Crippen molar-refractivity contribution < 1.29 is 14.5 Å². The van der Waals surface area contributed by atoms with Crippen LogP contribution in [0.5, 0.6) is 0 Å². The Hall–Kier alpha value is -2.07. The van der Waals surface area contributed by atoms with E-state index in [1.807, 2.05) is 0 Å². The average molecular weight is 340 g/mol. The zero-order valence-corrected chi connectivity index (χ0v) is 12.9. The van der Waals surface area contributed by atoms with Crippen LogP contribution in [0.3, 0.4) is 0 Å². The summed E-state index contributed by atoms with van der Waals surface area (Å²) >= 11 is 2.90. The molecule has 2 rings (SSSR count). The Morgan fingerprint density at radius 1 is 1.41 bits per heavy atom. The molecule has 8 nitrogen and oxygen atoms in total. The molecule has 2 amide bonds. The highest BCUT2D eigenvalue weighted by atomic mass is 32.2. The highest BCUT2D eigenvalue weighted by Crippen LogP contribution is 2.21. The Morgan fingerprint density at radius 2 is 2.23 bits per heavy atom. The standard InChI is InChI=1S/C12H12N4O4S2/c17-10(7-22-12-13-4-5-21-12)14-15-11(18)8-2-1-3-9(6-8)16(19)20/h1-3,6H,4-5,7H2,(H,14,17)(H,15,18). The van der Waals surface area contributed by atoms with Gasteiger partial charge in [0.25, 0.3) is 11.6 Å². The molecule has 0 aliphatic carbocycles. The molecule has 0 saturated heterocycles. The van der Waals surface area contributed by atoms with E-state index < -0.39 is 10.8 Å². The van der Waals surface area contributed by atoms with Gasteiger partial charge in [0, 0.05) is 23.4 Å². The first-order valence-corrected chi connectivity index (χ1v) is 8.17. The Bertz CT molecular complexity index is 635. The number of hydrazine groups is 1. The molecule has 1 aromatic carbocycles. The summed E-state index contributed by atoms with van der Waals surface area (Å²) in [5.41, 5.74) is 4.39. The van der Waals surface area contributed by atoms with Crippen LogP contribution in [0.1, 0.15) is 10.4 Å². The number of aliphatic imine (C=N–C) groups is 1. The average Bonchev–Trinajstić information content (AvgIpc) is 3.04. The van der Waals surface area contributed by atoms with Gasteiger partial charge in [0.15, 0.2) is 0 Å². The van der Waals surface area contributed by atoms with Crippen LogP contribution < -0.4 is 10.9 Å². The van der Waals surface area contributed by atoms with E-state index in [1.165, 1.54) is 30.0 Å². The fraction of sp³-hybridized carbons (Fsp3) is 0.250. The van der Waals surface area contributed by atoms with Gasteiger partial charge >= 0.3 is 0 Å². The number of nitro groups is 1. The van der Waals surface area contributed by atoms with Gasteiger partial charge in [-0.1, -0.05) is 29.6 Å². The SMILES string of the molecule is O=C(CSC1=NCCS1)NNC(=O)c1cccc([N+](=O)[O-])c1. The highest BCUT2D eigenvalue weighted by molar-refractivity contribution is 8.39. The second kappa shape index (κ2) is 7.80. The minimum Gasteiger partial charge on any atom is -0.272 e. The molecule has 10 heteroatoms. The summed E-state index contributed by atoms with van der Waals surface area (Å²) in [4.78, 5) is 37.6. The second-order valence-corrected chi connectivity index (χ2v) is 6.40. The molecule has 0 bridgehead atoms. The van der Waals surface area contributed by atoms with Gasteiger partial charge < -0.3 is 0 Å². The van der Waals surface area contributed by atoms with Crippen molar-refractivity contribution in [3.63, 3.8) is 0 Å². The van der Waals surface area contributed by atoms with Crippen LogP contribution in [0.2, 0.25) is 0 Å². The van der Waals surface area contributed by atoms with E-state index in [0.717, 1.165) is 22.7 Å². The lowest BCUT2D eigenvalue weighted by molar-refractivity contribution is -0.384. The van der Waals surface area contributed by atoms with Crippen LogP contribution >= 0.6 is 23.5 Å². The summed E-state index contributed by atoms with van der Waals surface area (Å²) in [6.45, 7) is 0.762. The number of carbonyl (C=O) groups excluding carboxylic acids is 2. The summed E-state index contributed by atoms with van der Waals surface area (Å²) in [5.74, 6) is 0.0720. The molecule has 1 aromatic rings. The van der Waals surface area contributed by atoms with Gasteiger partial charge in [0.1, 0.15) is 4.38 Å². The van der Waals surface area contributed by atoms with Crippen molar-refractivity contribution in [2.24, 2.45) is 4.99 Å². The number of nitrogens with one attached hydrogen (secondary N) is 2. The topological polar surface area (TPSA) is 114 Å². The molecule has 0 atom stereocenters. The maximum atomic E-state index is 11.8. The lowest BCUT2D eigenvalue weighted by Gasteiger charge is -2.07. The van der Waals surface area contributed by atoms with Gasteiger partial charge in [-0.2, -0.15) is 0 Å². The number of nitro benzene ring substituents is 1. The number of nitrogens with zero attached hydrogens (tertiary/aromatic N) is 2. The number of thioether (sulfide) groups is 2. The quantitative estimate of drug-likeness (QED) is 0.629. The number of rotatable bonds is 4. The molecule has 0 radical (unpaired) electrons. The number of benzene rings is 1. The first-order chi connectivity index (χ1) is 10.6. The summed E-state index contributed by atoms with van der Waals surface area (Å²) in [7, 11) is 0. The fourth-order valence-electron chi connectivity index (χ4n) is 1.53. The number of amides is 2. The van der Waals surface area contributed by atoms with Crippen molar-refractivity contribution in [3.05, 3.63) is 39.9 Å². The van der Waals surface area contributed by atoms with E-state index in [-0.39, 0.29) is 22.9 Å². The Labute approximate surface area is 134 Å². The molecule has 0 spiro atoms. The van der Waals surface area contributed by atoms with Crippen LogP contribution in [0.4, 0.5) is 5.69 Å². The molecule has 116 valence electrons. The Balaban J connectivity index is 1.80. The summed E-state index contributed by atoms with van der Waals surface area (Å²) in [6.07, 6.45) is 0. The van der Waals surface area contributed by atoms with Gasteiger partial charge in [0.2, 0.25) is 5.91 Å². The fourth-order valence-corrected chi connectivity index (χ4v) is 3.33. The van der Waals surface area contributed by atoms with E-state index in [4.69, 9.17) is 0 Å². The largest absolute Gasteiger partial charge is 0.272 e. The van der Waals surface area contributed by atoms with Crippen molar-refractivity contribution in [2.45, 2.75) is 0 Å². The van der Waals surface area contributed by atoms with E-state index >= 15 is 0 Å². The molecular formula is C12H12N4O4S2. The predicted molar refractivity (Wildman–Crippen MR) is 85.9 cm³/mol. The van der Waals surface area contributed by atoms with E-state index in [9.17, 15) is 19.7 Å². The third-order valence-electron chi connectivity index (χ3n) is 2.52. The first-order valence-electron chi connectivity index (χ1n) is 6.20. The Kier molecular flexibility index (Phi) is 5.78. The molecule has 1 aliphatic rings. The minimum absolute atomic E-state index is 0.0953. The molecule has 0 aromatic heterocycles. The van der Waals surface area contributed by atoms with Gasteiger partial charge in [-0.3, -0.25) is 35.5 Å². The zero-order valence-electron chi connectivity index (χ0n) is 11.3. The molecule has 1 heterocycles. The first kappa shape index (κ1) is 16.3. The van der Waals surface area contributed by atoms with Crippen LogP contribution in [-0.2, 0) is 4.79 Å². The van der Waals surface area contributed by atoms with Crippen molar-refractivity contribution >= 4 is 45.4 Å². The smallest absolute Gasteiger partial charge is 0.270 e. The molecule has 22 heavy (non-hydrogen) atoms. The Morgan fingerprint density at radius 3 is 2.91 bits per heavy atom. The summed E-state index contributed by atoms with van der Waals surface area (Å²) in [6, 6.07) is 5.25. The third-order valence-corrected chi connectivity index (χ3v) is 4.77. The lowest BCUT2D eigenvalue weighted by atomic mass is 10.2. The summed E-state index contributed by atoms with van der Waals surface area (Å²) in [5, 5.41) is 10.6. The van der Waals surface area contributed by atoms with Gasteiger partial charge in [0.05, 0.1) is 17.2 Å². The van der Waals surface area contributed by atoms with Crippen molar-refractivity contribution in [2.75, 3.05) is 18.1 Å². The molecule has 0 fully saturated rings. The van der Waals surface area contributed by atoms with Crippen LogP contribution in [0.15, 0.2) is 29.3 Å². The molecular weight excluding hydrogens is 328 g/mol. The van der Waals surface area contributed by atoms with Gasteiger partial charge in [-0.25, -0.2) is 0 Å². The molecule has 1 aliphatic heterocycles. The minimum atomic E-state index is -0.616. The molecule has 2 N–H and O–H groups in total. The third kappa shape index (κ3) is 4.74. The maximum absolute atomic E-state index is 11.8. The molecule has 0 saturated carbocycles. The highest BCUT2D eigenvalue weighted by Gasteiger charge is 2.13. The van der Waals surface area contributed by atoms with Gasteiger partial charge in [-0.05, 0) is 6.07 Å². The van der Waals surface area contributed by atoms with Crippen molar-refractivity contribution in [1.82, 2.24) is 10.9 Å². The van der Waals surface area contributed by atoms with Crippen molar-refractivity contribution in [3.8, 4) is 0 Å². The predicted octanol–water partition coefficient (Wildman–Crippen LogP) is 1.19. The van der Waals surface area contributed by atoms with E-state index in [1.54, 1.807) is 11.8 Å². The second-order valence-electron chi connectivity index (χ2n) is 4.09. The lowest BCUT2D eigenvalue weighted by Crippen LogP contribution is -2.42. The molecule has 0 unspecified atom stereocenters. The van der Waals surface area contributed by atoms with Crippen molar-refractivity contribution in [1.29, 1.82) is 0 Å². The summed E-state index contributed by atoms with van der Waals surface area (Å²) < 4.78 is 0.861. The number of non-ortho nitro benzene ring substituents is 1. The zero-order chi connectivity index (χ0) is 15.9. The normalized spacial score (nSPS) is 13.4. The maximum Gasteiger partial charge on any atom is 0.270 e. The van der Waals surface area contributed by atoms with Gasteiger partial charge in [-0.15, -0.1) is 0 Å². The number of hydrogen-bond acceptors (Lipinski definition) is 7. The van der Waals surface area contributed by atoms with E-state index in [2.05, 4.69) is 15.8 Å². The van der Waals surface area contributed by atoms with Crippen LogP contribution in [-0.4, -0.2) is 39.2 Å². The van der Waals surface area contributed by atoms with Crippen LogP contribution in [0.25, 0.3) is 0 Å². The number of hydrogen-bond donors (Lipinski definition) is 2. The van der Waals surface area contributed by atoms with E-state index in [0.29, 0.717) is 0 Å². The van der Waals surface area contributed by atoms with Crippen LogP contribution in [0, 0.1) is 10.1 Å². The monoisotopic (exact) mass is 340 g/mol. The number of carbonyl (C=O) groups is 2.